The third-order valence-electron chi connectivity index (χ3n) is 1.33. The van der Waals surface area contributed by atoms with E-state index in [0.29, 0.717) is 6.04 Å². The molecule has 0 saturated carbocycles. The Labute approximate surface area is 58.3 Å². The molecule has 0 aliphatic carbocycles. The van der Waals surface area contributed by atoms with E-state index in [1.165, 1.54) is 5.32 Å². The summed E-state index contributed by atoms with van der Waals surface area (Å²) in [6.45, 7) is 4.31. The molecule has 0 atom stereocenters. The standard InChI is InChI=1S/C6H12N2Si/c1-5(2)8-3-6(9)7-4-8/h3-5H,1-2,9H3. The first kappa shape index (κ1) is 6.55. The Morgan fingerprint density at radius 3 is 2.56 bits per heavy atom. The van der Waals surface area contributed by atoms with Crippen molar-refractivity contribution >= 4 is 15.6 Å². The van der Waals surface area contributed by atoms with Gasteiger partial charge in [-0.05, 0) is 13.8 Å². The van der Waals surface area contributed by atoms with Crippen LogP contribution in [0.1, 0.15) is 19.9 Å². The summed E-state index contributed by atoms with van der Waals surface area (Å²) >= 11 is 0. The highest BCUT2D eigenvalue weighted by Gasteiger charge is 1.95. The third-order valence-corrected chi connectivity index (χ3v) is 1.84. The van der Waals surface area contributed by atoms with E-state index in [1.807, 2.05) is 6.33 Å². The summed E-state index contributed by atoms with van der Waals surface area (Å²) in [5.41, 5.74) is 0. The predicted molar refractivity (Wildman–Crippen MR) is 42.2 cm³/mol. The van der Waals surface area contributed by atoms with Crippen LogP contribution in [0.2, 0.25) is 0 Å². The minimum atomic E-state index is 0.556. The van der Waals surface area contributed by atoms with E-state index in [1.54, 1.807) is 0 Å². The third kappa shape index (κ3) is 1.42. The molecule has 0 spiro atoms. The van der Waals surface area contributed by atoms with Crippen LogP contribution >= 0.6 is 0 Å². The Morgan fingerprint density at radius 1 is 1.67 bits per heavy atom. The molecule has 1 aromatic heterocycles. The Hall–Kier alpha value is -0.573. The van der Waals surface area contributed by atoms with Gasteiger partial charge in [0.2, 0.25) is 0 Å². The highest BCUT2D eigenvalue weighted by molar-refractivity contribution is 6.30. The highest BCUT2D eigenvalue weighted by atomic mass is 28.1. The van der Waals surface area contributed by atoms with Crippen molar-refractivity contribution in [1.82, 2.24) is 9.55 Å². The number of aromatic nitrogens is 2. The first-order valence-electron chi connectivity index (χ1n) is 3.20. The second-order valence-electron chi connectivity index (χ2n) is 2.56. The Kier molecular flexibility index (Phi) is 1.71. The van der Waals surface area contributed by atoms with Crippen molar-refractivity contribution in [2.45, 2.75) is 19.9 Å². The maximum Gasteiger partial charge on any atom is 0.0946 e. The van der Waals surface area contributed by atoms with Crippen LogP contribution in [0.4, 0.5) is 0 Å². The van der Waals surface area contributed by atoms with E-state index < -0.39 is 0 Å². The van der Waals surface area contributed by atoms with Crippen LogP contribution in [0.25, 0.3) is 0 Å². The lowest BCUT2D eigenvalue weighted by Gasteiger charge is -2.03. The van der Waals surface area contributed by atoms with Gasteiger partial charge in [0.05, 0.1) is 16.6 Å². The van der Waals surface area contributed by atoms with Crippen LogP contribution in [0.5, 0.6) is 0 Å². The van der Waals surface area contributed by atoms with Gasteiger partial charge in [0.1, 0.15) is 0 Å². The molecule has 0 amide bonds. The fourth-order valence-electron chi connectivity index (χ4n) is 0.723. The van der Waals surface area contributed by atoms with E-state index >= 15 is 0 Å². The molecule has 0 aliphatic rings. The van der Waals surface area contributed by atoms with Crippen LogP contribution in [0, 0.1) is 0 Å². The summed E-state index contributed by atoms with van der Waals surface area (Å²) < 4.78 is 2.13. The minimum absolute atomic E-state index is 0.556. The van der Waals surface area contributed by atoms with E-state index in [-0.39, 0.29) is 0 Å². The molecule has 0 aromatic carbocycles. The van der Waals surface area contributed by atoms with Crippen LogP contribution < -0.4 is 5.32 Å². The van der Waals surface area contributed by atoms with Crippen molar-refractivity contribution in [2.75, 3.05) is 0 Å². The lowest BCUT2D eigenvalue weighted by atomic mass is 10.4. The largest absolute Gasteiger partial charge is 0.335 e. The van der Waals surface area contributed by atoms with Gasteiger partial charge >= 0.3 is 0 Å². The predicted octanol–water partition coefficient (Wildman–Crippen LogP) is -0.545. The zero-order valence-electron chi connectivity index (χ0n) is 6.13. The van der Waals surface area contributed by atoms with E-state index in [4.69, 9.17) is 0 Å². The molecule has 1 heterocycles. The van der Waals surface area contributed by atoms with E-state index in [0.717, 1.165) is 10.2 Å². The van der Waals surface area contributed by atoms with Crippen LogP contribution in [-0.4, -0.2) is 19.8 Å². The van der Waals surface area contributed by atoms with Crippen LogP contribution in [-0.2, 0) is 0 Å². The molecule has 0 fully saturated rings. The van der Waals surface area contributed by atoms with Gasteiger partial charge in [-0.1, -0.05) is 0 Å². The molecule has 1 aromatic rings. The quantitative estimate of drug-likeness (QED) is 0.479. The molecular formula is C6H12N2Si. The van der Waals surface area contributed by atoms with Crippen molar-refractivity contribution in [1.29, 1.82) is 0 Å². The molecular weight excluding hydrogens is 128 g/mol. The average Bonchev–Trinajstić information content (AvgIpc) is 2.14. The monoisotopic (exact) mass is 140 g/mol. The zero-order chi connectivity index (χ0) is 6.85. The first-order valence-corrected chi connectivity index (χ1v) is 4.20. The maximum atomic E-state index is 4.16. The van der Waals surface area contributed by atoms with E-state index in [2.05, 4.69) is 29.6 Å². The van der Waals surface area contributed by atoms with Gasteiger partial charge in [0.25, 0.3) is 0 Å². The number of hydrogen-bond acceptors (Lipinski definition) is 1. The maximum absolute atomic E-state index is 4.16. The average molecular weight is 140 g/mol. The van der Waals surface area contributed by atoms with Crippen LogP contribution in [0.3, 0.4) is 0 Å². The van der Waals surface area contributed by atoms with Gasteiger partial charge in [0.15, 0.2) is 0 Å². The van der Waals surface area contributed by atoms with Crippen molar-refractivity contribution in [3.05, 3.63) is 12.5 Å². The van der Waals surface area contributed by atoms with Gasteiger partial charge in [-0.3, -0.25) is 0 Å². The molecule has 0 radical (unpaired) electrons. The summed E-state index contributed by atoms with van der Waals surface area (Å²) in [6.07, 6.45) is 4.00. The fourth-order valence-corrected chi connectivity index (χ4v) is 1.14. The molecule has 50 valence electrons. The lowest BCUT2D eigenvalue weighted by Crippen LogP contribution is -2.02. The molecule has 3 heteroatoms. The fraction of sp³-hybridized carbons (Fsp3) is 0.500. The van der Waals surface area contributed by atoms with Gasteiger partial charge < -0.3 is 4.57 Å². The second-order valence-corrected chi connectivity index (χ2v) is 3.58. The molecule has 0 aliphatic heterocycles. The molecule has 9 heavy (non-hydrogen) atoms. The van der Waals surface area contributed by atoms with Gasteiger partial charge in [0, 0.05) is 17.6 Å². The zero-order valence-corrected chi connectivity index (χ0v) is 8.13. The van der Waals surface area contributed by atoms with Crippen molar-refractivity contribution in [2.24, 2.45) is 0 Å². The summed E-state index contributed by atoms with van der Waals surface area (Å²) in [5, 5.41) is 1.23. The van der Waals surface area contributed by atoms with Crippen molar-refractivity contribution < 1.29 is 0 Å². The van der Waals surface area contributed by atoms with Crippen molar-refractivity contribution in [3.8, 4) is 0 Å². The van der Waals surface area contributed by atoms with Gasteiger partial charge in [-0.25, -0.2) is 4.98 Å². The second kappa shape index (κ2) is 2.35. The van der Waals surface area contributed by atoms with Gasteiger partial charge in [-0.15, -0.1) is 0 Å². The van der Waals surface area contributed by atoms with E-state index in [9.17, 15) is 0 Å². The molecule has 1 rings (SSSR count). The highest BCUT2D eigenvalue weighted by Crippen LogP contribution is 1.98. The smallest absolute Gasteiger partial charge is 0.0946 e. The minimum Gasteiger partial charge on any atom is -0.335 e. The van der Waals surface area contributed by atoms with Crippen molar-refractivity contribution in [3.63, 3.8) is 0 Å². The summed E-state index contributed by atoms with van der Waals surface area (Å²) in [7, 11) is 1.06. The normalized spacial score (nSPS) is 11.0. The van der Waals surface area contributed by atoms with Gasteiger partial charge in [-0.2, -0.15) is 0 Å². The summed E-state index contributed by atoms with van der Waals surface area (Å²) in [4.78, 5) is 4.16. The Balaban J connectivity index is 2.85. The van der Waals surface area contributed by atoms with Crippen LogP contribution in [0.15, 0.2) is 12.5 Å². The molecule has 0 unspecified atom stereocenters. The molecule has 0 saturated heterocycles. The number of imidazole rings is 1. The first-order chi connectivity index (χ1) is 4.20. The summed E-state index contributed by atoms with van der Waals surface area (Å²) in [6, 6.07) is 0.556. The number of rotatable bonds is 1. The molecule has 0 bridgehead atoms. The molecule has 2 nitrogen and oxygen atoms in total. The lowest BCUT2D eigenvalue weighted by molar-refractivity contribution is 0.600. The number of nitrogens with zero attached hydrogens (tertiary/aromatic N) is 2. The topological polar surface area (TPSA) is 17.8 Å². The summed E-state index contributed by atoms with van der Waals surface area (Å²) in [5.74, 6) is 0. The Bertz CT molecular complexity index is 193. The number of hydrogen-bond donors (Lipinski definition) is 0. The Morgan fingerprint density at radius 2 is 2.33 bits per heavy atom. The molecule has 0 N–H and O–H groups in total. The SMILES string of the molecule is CC(C)n1cnc([SiH3])c1.